The summed E-state index contributed by atoms with van der Waals surface area (Å²) >= 11 is 0. The maximum atomic E-state index is 14.5. The minimum absolute atomic E-state index is 0.0861. The van der Waals surface area contributed by atoms with Crippen molar-refractivity contribution in [1.82, 2.24) is 4.90 Å². The molecule has 5 fully saturated rings. The van der Waals surface area contributed by atoms with Crippen LogP contribution in [0.3, 0.4) is 0 Å². The number of Topliss-reactive ketones (excluding diaryl/α,β-unsaturated/α-hetero) is 1. The Labute approximate surface area is 204 Å². The van der Waals surface area contributed by atoms with Gasteiger partial charge in [-0.15, -0.1) is 0 Å². The van der Waals surface area contributed by atoms with E-state index in [1.165, 1.54) is 38.1 Å². The zero-order chi connectivity index (χ0) is 23.9. The molecule has 5 unspecified atom stereocenters. The van der Waals surface area contributed by atoms with Crippen molar-refractivity contribution in [2.45, 2.75) is 84.2 Å². The number of nitrogens with zero attached hydrogens (tertiary/aromatic N) is 2. The lowest BCUT2D eigenvalue weighted by atomic mass is 9.45. The average molecular weight is 474 g/mol. The number of carbonyl (C=O) groups is 1. The third kappa shape index (κ3) is 4.31. The second kappa shape index (κ2) is 9.72. The molecule has 1 saturated heterocycles. The lowest BCUT2D eigenvalue weighted by Crippen LogP contribution is -2.56. The minimum atomic E-state index is -1.29. The number of ether oxygens (including phenoxy) is 1. The molecule has 34 heavy (non-hydrogen) atoms. The molecule has 1 N–H and O–H groups in total. The van der Waals surface area contributed by atoms with Crippen LogP contribution in [0, 0.1) is 39.9 Å². The standard InChI is InChI=1S/C28H44FN3O2/c1-27-8-6-19(31-10-14-34-15-13-32-11-4-3-5-12-32)16-23(27)25(30)17-20-21(27)7-9-28(2)22(20)18-24(29)26(28)33/h20-24,30H,3-18H2,1-2H3/t20?,21?,22?,23?,24?,27-,28+/m1/s1. The molecule has 0 bridgehead atoms. The smallest absolute Gasteiger partial charge is 0.173 e. The van der Waals surface area contributed by atoms with E-state index in [1.54, 1.807) is 0 Å². The molecule has 7 atom stereocenters. The van der Waals surface area contributed by atoms with Gasteiger partial charge >= 0.3 is 0 Å². The molecule has 5 nitrogen and oxygen atoms in total. The van der Waals surface area contributed by atoms with Crippen molar-refractivity contribution in [2.75, 3.05) is 39.4 Å². The zero-order valence-corrected chi connectivity index (χ0v) is 21.3. The summed E-state index contributed by atoms with van der Waals surface area (Å²) in [5, 5.41) is 8.97. The van der Waals surface area contributed by atoms with Crippen molar-refractivity contribution in [3.8, 4) is 0 Å². The van der Waals surface area contributed by atoms with E-state index in [-0.39, 0.29) is 23.0 Å². The number of carbonyl (C=O) groups excluding carboxylic acids is 1. The van der Waals surface area contributed by atoms with Gasteiger partial charge in [0.2, 0.25) is 0 Å². The third-order valence-corrected chi connectivity index (χ3v) is 10.6. The number of aliphatic imine (C=N–C) groups is 1. The molecule has 0 radical (unpaired) electrons. The Morgan fingerprint density at radius 1 is 1.12 bits per heavy atom. The highest BCUT2D eigenvalue weighted by Crippen LogP contribution is 2.64. The van der Waals surface area contributed by atoms with Crippen LogP contribution in [-0.2, 0) is 9.53 Å². The number of nitrogens with one attached hydrogen (secondary N) is 1. The molecule has 4 aliphatic carbocycles. The van der Waals surface area contributed by atoms with Gasteiger partial charge in [-0.25, -0.2) is 4.39 Å². The molecule has 4 saturated carbocycles. The first-order valence-electron chi connectivity index (χ1n) is 13.9. The summed E-state index contributed by atoms with van der Waals surface area (Å²) < 4.78 is 20.3. The lowest BCUT2D eigenvalue weighted by Gasteiger charge is -2.59. The van der Waals surface area contributed by atoms with E-state index in [0.29, 0.717) is 24.9 Å². The van der Waals surface area contributed by atoms with E-state index >= 15 is 0 Å². The number of alkyl halides is 1. The van der Waals surface area contributed by atoms with Gasteiger partial charge in [-0.1, -0.05) is 20.3 Å². The third-order valence-electron chi connectivity index (χ3n) is 10.6. The molecule has 1 heterocycles. The second-order valence-corrected chi connectivity index (χ2v) is 12.4. The van der Waals surface area contributed by atoms with E-state index < -0.39 is 11.6 Å². The van der Waals surface area contributed by atoms with E-state index in [4.69, 9.17) is 15.1 Å². The summed E-state index contributed by atoms with van der Waals surface area (Å²) in [6.07, 6.45) is 8.64. The van der Waals surface area contributed by atoms with Crippen LogP contribution >= 0.6 is 0 Å². The number of ketones is 1. The summed E-state index contributed by atoms with van der Waals surface area (Å²) in [6, 6.07) is 0. The molecule has 190 valence electrons. The SMILES string of the molecule is C[C@]12CCC(=NCCOCCN3CCCCC3)CC1C(=N)CC1C2CC[C@]2(C)C(=O)C(F)CC12. The molecule has 0 aromatic heterocycles. The maximum absolute atomic E-state index is 14.5. The van der Waals surface area contributed by atoms with E-state index in [9.17, 15) is 9.18 Å². The highest BCUT2D eigenvalue weighted by molar-refractivity contribution is 5.95. The fourth-order valence-corrected chi connectivity index (χ4v) is 8.55. The van der Waals surface area contributed by atoms with Crippen LogP contribution in [0.1, 0.15) is 78.1 Å². The van der Waals surface area contributed by atoms with Gasteiger partial charge in [-0.05, 0) is 94.0 Å². The fraction of sp³-hybridized carbons (Fsp3) is 0.893. The van der Waals surface area contributed by atoms with Crippen LogP contribution < -0.4 is 0 Å². The fourth-order valence-electron chi connectivity index (χ4n) is 8.55. The van der Waals surface area contributed by atoms with Crippen molar-refractivity contribution in [1.29, 1.82) is 5.41 Å². The number of likely N-dealkylation sites (tertiary alicyclic amines) is 1. The van der Waals surface area contributed by atoms with Crippen LogP contribution in [0.25, 0.3) is 0 Å². The topological polar surface area (TPSA) is 65.8 Å². The van der Waals surface area contributed by atoms with Gasteiger partial charge in [0, 0.05) is 29.3 Å². The average Bonchev–Trinajstić information content (AvgIpc) is 3.07. The van der Waals surface area contributed by atoms with Crippen LogP contribution in [0.15, 0.2) is 4.99 Å². The normalized spacial score (nSPS) is 44.1. The van der Waals surface area contributed by atoms with Gasteiger partial charge < -0.3 is 15.0 Å². The molecule has 0 aromatic rings. The molecule has 1 aliphatic heterocycles. The van der Waals surface area contributed by atoms with Crippen molar-refractivity contribution >= 4 is 17.2 Å². The lowest BCUT2D eigenvalue weighted by molar-refractivity contribution is -0.135. The number of halogens is 1. The first kappa shape index (κ1) is 24.5. The molecule has 6 heteroatoms. The van der Waals surface area contributed by atoms with Gasteiger partial charge in [-0.3, -0.25) is 9.79 Å². The second-order valence-electron chi connectivity index (χ2n) is 12.4. The number of hydrogen-bond donors (Lipinski definition) is 1. The molecule has 5 rings (SSSR count). The van der Waals surface area contributed by atoms with Crippen molar-refractivity contribution in [3.05, 3.63) is 0 Å². The van der Waals surface area contributed by atoms with Gasteiger partial charge in [0.15, 0.2) is 12.0 Å². The van der Waals surface area contributed by atoms with Crippen LogP contribution in [-0.4, -0.2) is 67.7 Å². The quantitative estimate of drug-likeness (QED) is 0.545. The summed E-state index contributed by atoms with van der Waals surface area (Å²) in [6.45, 7) is 10.0. The van der Waals surface area contributed by atoms with E-state index in [2.05, 4.69) is 11.8 Å². The van der Waals surface area contributed by atoms with E-state index in [1.807, 2.05) is 6.92 Å². The van der Waals surface area contributed by atoms with Gasteiger partial charge in [0.05, 0.1) is 19.8 Å². The van der Waals surface area contributed by atoms with Crippen LogP contribution in [0.2, 0.25) is 0 Å². The first-order valence-corrected chi connectivity index (χ1v) is 13.9. The Hall–Kier alpha value is -1.14. The number of rotatable bonds is 6. The van der Waals surface area contributed by atoms with Gasteiger partial charge in [0.1, 0.15) is 0 Å². The Kier molecular flexibility index (Phi) is 7.02. The molecular weight excluding hydrogens is 429 g/mol. The van der Waals surface area contributed by atoms with Crippen LogP contribution in [0.4, 0.5) is 4.39 Å². The number of hydrogen-bond acceptors (Lipinski definition) is 5. The highest BCUT2D eigenvalue weighted by Gasteiger charge is 2.63. The van der Waals surface area contributed by atoms with Crippen molar-refractivity contribution in [3.63, 3.8) is 0 Å². The Morgan fingerprint density at radius 2 is 1.91 bits per heavy atom. The highest BCUT2D eigenvalue weighted by atomic mass is 19.1. The number of piperidine rings is 1. The predicted octanol–water partition coefficient (Wildman–Crippen LogP) is 5.12. The minimum Gasteiger partial charge on any atom is -0.378 e. The largest absolute Gasteiger partial charge is 0.378 e. The van der Waals surface area contributed by atoms with Crippen molar-refractivity contribution in [2.24, 2.45) is 39.5 Å². The van der Waals surface area contributed by atoms with Crippen molar-refractivity contribution < 1.29 is 13.9 Å². The molecule has 0 spiro atoms. The molecule has 5 aliphatic rings. The van der Waals surface area contributed by atoms with Gasteiger partial charge in [-0.2, -0.15) is 0 Å². The Balaban J connectivity index is 1.15. The maximum Gasteiger partial charge on any atom is 0.173 e. The monoisotopic (exact) mass is 473 g/mol. The molecule has 0 aromatic carbocycles. The molecule has 0 amide bonds. The van der Waals surface area contributed by atoms with Gasteiger partial charge in [0.25, 0.3) is 0 Å². The summed E-state index contributed by atoms with van der Waals surface area (Å²) in [5.74, 6) is 1.00. The Bertz CT molecular complexity index is 824. The summed E-state index contributed by atoms with van der Waals surface area (Å²) in [4.78, 5) is 20.0. The van der Waals surface area contributed by atoms with Crippen LogP contribution in [0.5, 0.6) is 0 Å². The first-order chi connectivity index (χ1) is 16.3. The Morgan fingerprint density at radius 3 is 2.71 bits per heavy atom. The zero-order valence-electron chi connectivity index (χ0n) is 21.3. The predicted molar refractivity (Wildman–Crippen MR) is 134 cm³/mol. The summed E-state index contributed by atoms with van der Waals surface area (Å²) in [7, 11) is 0. The van der Waals surface area contributed by atoms with E-state index in [0.717, 1.165) is 63.9 Å². The number of fused-ring (bicyclic) bond motifs is 5. The molecular formula is C28H44FN3O2. The summed E-state index contributed by atoms with van der Waals surface area (Å²) in [5.41, 5.74) is 1.67.